The number of likely N-dealkylation sites (tertiary alicyclic amines) is 1. The van der Waals surface area contributed by atoms with Gasteiger partial charge in [0.15, 0.2) is 0 Å². The fraction of sp³-hybridized carbons (Fsp3) is 0.316. The molecule has 1 amide bonds. The lowest BCUT2D eigenvalue weighted by atomic mass is 9.86. The lowest BCUT2D eigenvalue weighted by Gasteiger charge is -2.32. The van der Waals surface area contributed by atoms with Crippen molar-refractivity contribution in [1.29, 1.82) is 0 Å². The monoisotopic (exact) mass is 340 g/mol. The summed E-state index contributed by atoms with van der Waals surface area (Å²) in [5, 5.41) is 9.34. The van der Waals surface area contributed by atoms with Crippen LogP contribution in [-0.2, 0) is 7.05 Å². The van der Waals surface area contributed by atoms with Crippen molar-refractivity contribution < 1.29 is 14.7 Å². The van der Waals surface area contributed by atoms with Gasteiger partial charge in [0.05, 0.1) is 11.1 Å². The van der Waals surface area contributed by atoms with Gasteiger partial charge in [0, 0.05) is 32.4 Å². The Morgan fingerprint density at radius 3 is 2.40 bits per heavy atom. The summed E-state index contributed by atoms with van der Waals surface area (Å²) in [7, 11) is 1.62. The van der Waals surface area contributed by atoms with E-state index in [4.69, 9.17) is 0 Å². The number of carboxylic acids is 1. The van der Waals surface area contributed by atoms with Crippen LogP contribution >= 0.6 is 0 Å². The second-order valence-corrected chi connectivity index (χ2v) is 6.33. The number of aromatic nitrogens is 1. The molecule has 0 bridgehead atoms. The van der Waals surface area contributed by atoms with Crippen LogP contribution in [0.4, 0.5) is 0 Å². The molecule has 130 valence electrons. The standard InChI is InChI=1S/C19H20N2O4/c1-20-12-14(6-7-17(20)22)18(23)21-10-8-13(9-11-21)15-4-2-3-5-16(15)19(24)25/h2-7,12-13H,8-11H2,1H3,(H,24,25). The van der Waals surface area contributed by atoms with Crippen LogP contribution in [0.25, 0.3) is 0 Å². The van der Waals surface area contributed by atoms with Crippen molar-refractivity contribution in [3.63, 3.8) is 0 Å². The second kappa shape index (κ2) is 6.93. The SMILES string of the molecule is Cn1cc(C(=O)N2CCC(c3ccccc3C(=O)O)CC2)ccc1=O. The Labute approximate surface area is 145 Å². The minimum atomic E-state index is -0.917. The van der Waals surface area contributed by atoms with Gasteiger partial charge < -0.3 is 14.6 Å². The highest BCUT2D eigenvalue weighted by molar-refractivity contribution is 5.94. The van der Waals surface area contributed by atoms with Crippen molar-refractivity contribution >= 4 is 11.9 Å². The first-order valence-corrected chi connectivity index (χ1v) is 8.25. The third kappa shape index (κ3) is 3.47. The van der Waals surface area contributed by atoms with Gasteiger partial charge in [0.1, 0.15) is 0 Å². The van der Waals surface area contributed by atoms with E-state index in [-0.39, 0.29) is 17.4 Å². The molecule has 1 N–H and O–H groups in total. The second-order valence-electron chi connectivity index (χ2n) is 6.33. The first-order chi connectivity index (χ1) is 12.0. The van der Waals surface area contributed by atoms with E-state index in [0.717, 1.165) is 18.4 Å². The number of carbonyl (C=O) groups excluding carboxylic acids is 1. The Hall–Kier alpha value is -2.89. The summed E-state index contributed by atoms with van der Waals surface area (Å²) in [6, 6.07) is 10.0. The molecule has 0 spiro atoms. The van der Waals surface area contributed by atoms with E-state index in [1.807, 2.05) is 12.1 Å². The Bertz CT molecular complexity index is 864. The van der Waals surface area contributed by atoms with Crippen molar-refractivity contribution in [2.45, 2.75) is 18.8 Å². The molecule has 0 saturated carbocycles. The van der Waals surface area contributed by atoms with Gasteiger partial charge in [-0.05, 0) is 36.5 Å². The molecule has 0 unspecified atom stereocenters. The van der Waals surface area contributed by atoms with Crippen molar-refractivity contribution in [2.24, 2.45) is 7.05 Å². The first kappa shape index (κ1) is 17.0. The van der Waals surface area contributed by atoms with E-state index in [2.05, 4.69) is 0 Å². The van der Waals surface area contributed by atoms with Crippen LogP contribution in [0.2, 0.25) is 0 Å². The van der Waals surface area contributed by atoms with E-state index in [1.165, 1.54) is 10.6 Å². The smallest absolute Gasteiger partial charge is 0.335 e. The zero-order chi connectivity index (χ0) is 18.0. The number of pyridine rings is 1. The normalized spacial score (nSPS) is 15.2. The summed E-state index contributed by atoms with van der Waals surface area (Å²) < 4.78 is 1.39. The number of carboxylic acid groups (broad SMARTS) is 1. The maximum atomic E-state index is 12.6. The van der Waals surface area contributed by atoms with Crippen LogP contribution in [0.5, 0.6) is 0 Å². The van der Waals surface area contributed by atoms with Gasteiger partial charge >= 0.3 is 5.97 Å². The zero-order valence-corrected chi connectivity index (χ0v) is 14.0. The number of piperidine rings is 1. The summed E-state index contributed by atoms with van der Waals surface area (Å²) in [6.45, 7) is 1.14. The van der Waals surface area contributed by atoms with E-state index in [1.54, 1.807) is 36.3 Å². The third-order valence-electron chi connectivity index (χ3n) is 4.75. The number of amides is 1. The fourth-order valence-electron chi connectivity index (χ4n) is 3.34. The van der Waals surface area contributed by atoms with Crippen molar-refractivity contribution in [1.82, 2.24) is 9.47 Å². The Kier molecular flexibility index (Phi) is 4.70. The van der Waals surface area contributed by atoms with Crippen LogP contribution in [-0.4, -0.2) is 39.5 Å². The van der Waals surface area contributed by atoms with Crippen LogP contribution in [0.15, 0.2) is 47.4 Å². The Balaban J connectivity index is 1.72. The van der Waals surface area contributed by atoms with Gasteiger partial charge in [-0.25, -0.2) is 4.79 Å². The summed E-state index contributed by atoms with van der Waals surface area (Å²) in [4.78, 5) is 37.2. The van der Waals surface area contributed by atoms with Crippen LogP contribution < -0.4 is 5.56 Å². The molecule has 1 fully saturated rings. The van der Waals surface area contributed by atoms with Gasteiger partial charge in [-0.15, -0.1) is 0 Å². The molecule has 6 heteroatoms. The maximum absolute atomic E-state index is 12.6. The highest BCUT2D eigenvalue weighted by Gasteiger charge is 2.27. The van der Waals surface area contributed by atoms with Gasteiger partial charge in [0.2, 0.25) is 5.56 Å². The topological polar surface area (TPSA) is 79.6 Å². The molecule has 0 radical (unpaired) electrons. The summed E-state index contributed by atoms with van der Waals surface area (Å²) in [5.74, 6) is -0.878. The Morgan fingerprint density at radius 1 is 1.08 bits per heavy atom. The number of aryl methyl sites for hydroxylation is 1. The molecular formula is C19H20N2O4. The van der Waals surface area contributed by atoms with Crippen LogP contribution in [0.3, 0.4) is 0 Å². The van der Waals surface area contributed by atoms with Crippen LogP contribution in [0, 0.1) is 0 Å². The van der Waals surface area contributed by atoms with Gasteiger partial charge in [-0.2, -0.15) is 0 Å². The lowest BCUT2D eigenvalue weighted by Crippen LogP contribution is -2.38. The molecule has 1 aliphatic heterocycles. The lowest BCUT2D eigenvalue weighted by molar-refractivity contribution is 0.0680. The molecule has 1 aromatic carbocycles. The van der Waals surface area contributed by atoms with Gasteiger partial charge in [-0.3, -0.25) is 9.59 Å². The van der Waals surface area contributed by atoms with E-state index < -0.39 is 5.97 Å². The van der Waals surface area contributed by atoms with E-state index in [9.17, 15) is 19.5 Å². The average molecular weight is 340 g/mol. The minimum absolute atomic E-state index is 0.0967. The molecule has 6 nitrogen and oxygen atoms in total. The van der Waals surface area contributed by atoms with Gasteiger partial charge in [0.25, 0.3) is 5.91 Å². The number of hydrogen-bond donors (Lipinski definition) is 1. The molecule has 0 aliphatic carbocycles. The third-order valence-corrected chi connectivity index (χ3v) is 4.75. The molecule has 1 aromatic heterocycles. The van der Waals surface area contributed by atoms with Crippen molar-refractivity contribution in [3.8, 4) is 0 Å². The number of benzene rings is 1. The number of aromatic carboxylic acids is 1. The minimum Gasteiger partial charge on any atom is -0.478 e. The van der Waals surface area contributed by atoms with Crippen molar-refractivity contribution in [3.05, 3.63) is 69.6 Å². The molecular weight excluding hydrogens is 320 g/mol. The number of carbonyl (C=O) groups is 2. The van der Waals surface area contributed by atoms with Crippen LogP contribution in [0.1, 0.15) is 45.0 Å². The quantitative estimate of drug-likeness (QED) is 0.928. The largest absolute Gasteiger partial charge is 0.478 e. The molecule has 0 atom stereocenters. The Morgan fingerprint density at radius 2 is 1.76 bits per heavy atom. The van der Waals surface area contributed by atoms with Gasteiger partial charge in [-0.1, -0.05) is 18.2 Å². The first-order valence-electron chi connectivity index (χ1n) is 8.25. The molecule has 2 aromatic rings. The average Bonchev–Trinajstić information content (AvgIpc) is 2.63. The maximum Gasteiger partial charge on any atom is 0.335 e. The molecule has 3 rings (SSSR count). The molecule has 2 heterocycles. The number of rotatable bonds is 3. The fourth-order valence-corrected chi connectivity index (χ4v) is 3.34. The zero-order valence-electron chi connectivity index (χ0n) is 14.0. The number of hydrogen-bond acceptors (Lipinski definition) is 3. The highest BCUT2D eigenvalue weighted by Crippen LogP contribution is 2.30. The predicted molar refractivity (Wildman–Crippen MR) is 93.0 cm³/mol. The highest BCUT2D eigenvalue weighted by atomic mass is 16.4. The number of nitrogens with zero attached hydrogens (tertiary/aromatic N) is 2. The summed E-state index contributed by atoms with van der Waals surface area (Å²) >= 11 is 0. The van der Waals surface area contributed by atoms with E-state index in [0.29, 0.717) is 24.2 Å². The van der Waals surface area contributed by atoms with E-state index >= 15 is 0 Å². The van der Waals surface area contributed by atoms with Crippen molar-refractivity contribution in [2.75, 3.05) is 13.1 Å². The predicted octanol–water partition coefficient (Wildman–Crippen LogP) is 2.10. The summed E-state index contributed by atoms with van der Waals surface area (Å²) in [5.41, 5.74) is 1.52. The molecule has 25 heavy (non-hydrogen) atoms. The molecule has 1 saturated heterocycles. The molecule has 1 aliphatic rings. The summed E-state index contributed by atoms with van der Waals surface area (Å²) in [6.07, 6.45) is 3.00.